The van der Waals surface area contributed by atoms with Gasteiger partial charge in [-0.3, -0.25) is 4.79 Å². The third-order valence-electron chi connectivity index (χ3n) is 2.87. The van der Waals surface area contributed by atoms with Crippen molar-refractivity contribution in [1.29, 1.82) is 0 Å². The summed E-state index contributed by atoms with van der Waals surface area (Å²) in [5.41, 5.74) is 1.15. The van der Waals surface area contributed by atoms with Crippen LogP contribution in [0, 0.1) is 5.82 Å². The molecule has 1 N–H and O–H groups in total. The molecule has 0 saturated heterocycles. The average molecular weight is 324 g/mol. The molecule has 1 amide bonds. The van der Waals surface area contributed by atoms with Crippen molar-refractivity contribution >= 4 is 29.3 Å². The molecule has 0 aromatic heterocycles. The van der Waals surface area contributed by atoms with E-state index in [-0.39, 0.29) is 11.7 Å². The number of amides is 1. The molecule has 0 heterocycles. The number of nitrogens with one attached hydrogen (secondary N) is 1. The first kappa shape index (κ1) is 15.9. The van der Waals surface area contributed by atoms with Gasteiger partial charge in [-0.15, -0.1) is 0 Å². The van der Waals surface area contributed by atoms with Gasteiger partial charge in [0.25, 0.3) is 5.91 Å². The summed E-state index contributed by atoms with van der Waals surface area (Å²) >= 11 is 7.52. The van der Waals surface area contributed by atoms with Crippen molar-refractivity contribution in [2.24, 2.45) is 0 Å². The molecule has 2 rings (SSSR count). The molecule has 21 heavy (non-hydrogen) atoms. The van der Waals surface area contributed by atoms with Crippen LogP contribution in [0.15, 0.2) is 48.5 Å². The highest BCUT2D eigenvalue weighted by molar-refractivity contribution is 7.98. The quantitative estimate of drug-likeness (QED) is 0.809. The maximum atomic E-state index is 13.4. The second-order valence-electron chi connectivity index (χ2n) is 4.38. The molecule has 0 aliphatic carbocycles. The van der Waals surface area contributed by atoms with E-state index in [1.165, 1.54) is 6.07 Å². The van der Waals surface area contributed by atoms with Gasteiger partial charge in [-0.2, -0.15) is 11.8 Å². The van der Waals surface area contributed by atoms with E-state index >= 15 is 0 Å². The number of carbonyl (C=O) groups excluding carboxylic acids is 1. The normalized spacial score (nSPS) is 10.4. The maximum absolute atomic E-state index is 13.4. The lowest BCUT2D eigenvalue weighted by Gasteiger charge is -2.07. The van der Waals surface area contributed by atoms with Crippen LogP contribution >= 0.6 is 23.4 Å². The zero-order valence-electron chi connectivity index (χ0n) is 11.3. The molecule has 0 saturated carbocycles. The summed E-state index contributed by atoms with van der Waals surface area (Å²) in [6, 6.07) is 13.6. The molecule has 0 atom stereocenters. The molecule has 2 nitrogen and oxygen atoms in total. The van der Waals surface area contributed by atoms with Gasteiger partial charge in [0, 0.05) is 18.1 Å². The minimum absolute atomic E-state index is 0.188. The lowest BCUT2D eigenvalue weighted by atomic mass is 10.2. The van der Waals surface area contributed by atoms with E-state index in [1.807, 2.05) is 6.07 Å². The van der Waals surface area contributed by atoms with Crippen LogP contribution in [0.4, 0.5) is 4.39 Å². The number of rotatable bonds is 6. The summed E-state index contributed by atoms with van der Waals surface area (Å²) in [5, 5.41) is 3.24. The summed E-state index contributed by atoms with van der Waals surface area (Å²) in [6.07, 6.45) is 0. The molecule has 0 fully saturated rings. The minimum Gasteiger partial charge on any atom is -0.351 e. The van der Waals surface area contributed by atoms with Gasteiger partial charge in [0.05, 0.1) is 10.6 Å². The van der Waals surface area contributed by atoms with E-state index < -0.39 is 0 Å². The van der Waals surface area contributed by atoms with Gasteiger partial charge >= 0.3 is 0 Å². The summed E-state index contributed by atoms with van der Waals surface area (Å²) < 4.78 is 13.4. The fourth-order valence-electron chi connectivity index (χ4n) is 1.77. The van der Waals surface area contributed by atoms with E-state index in [0.717, 1.165) is 0 Å². The van der Waals surface area contributed by atoms with Gasteiger partial charge in [0.1, 0.15) is 5.82 Å². The monoisotopic (exact) mass is 323 g/mol. The minimum atomic E-state index is -0.190. The first-order valence-corrected chi connectivity index (χ1v) is 8.05. The van der Waals surface area contributed by atoms with Gasteiger partial charge in [-0.1, -0.05) is 41.9 Å². The maximum Gasteiger partial charge on any atom is 0.252 e. The van der Waals surface area contributed by atoms with Crippen LogP contribution < -0.4 is 5.32 Å². The highest BCUT2D eigenvalue weighted by atomic mass is 35.5. The average Bonchev–Trinajstić information content (AvgIpc) is 2.49. The third kappa shape index (κ3) is 4.76. The number of carbonyl (C=O) groups is 1. The molecule has 2 aromatic rings. The van der Waals surface area contributed by atoms with Crippen molar-refractivity contribution in [3.8, 4) is 0 Å². The van der Waals surface area contributed by atoms with Crippen molar-refractivity contribution in [3.63, 3.8) is 0 Å². The second-order valence-corrected chi connectivity index (χ2v) is 5.89. The van der Waals surface area contributed by atoms with Gasteiger partial charge in [-0.05, 0) is 23.8 Å². The van der Waals surface area contributed by atoms with Gasteiger partial charge in [0.15, 0.2) is 0 Å². The first-order valence-electron chi connectivity index (χ1n) is 6.52. The molecule has 0 aliphatic rings. The fraction of sp³-hybridized carbons (Fsp3) is 0.188. The number of benzene rings is 2. The van der Waals surface area contributed by atoms with Crippen molar-refractivity contribution in [3.05, 3.63) is 70.5 Å². The largest absolute Gasteiger partial charge is 0.351 e. The predicted octanol–water partition coefficient (Wildman–Crippen LogP) is 4.14. The highest BCUT2D eigenvalue weighted by Crippen LogP contribution is 2.16. The third-order valence-corrected chi connectivity index (χ3v) is 4.20. The van der Waals surface area contributed by atoms with Crippen LogP contribution in [0.3, 0.4) is 0 Å². The Balaban J connectivity index is 1.72. The van der Waals surface area contributed by atoms with E-state index in [2.05, 4.69) is 5.32 Å². The zero-order chi connectivity index (χ0) is 15.1. The smallest absolute Gasteiger partial charge is 0.252 e. The van der Waals surface area contributed by atoms with E-state index in [1.54, 1.807) is 48.2 Å². The number of thioether (sulfide) groups is 1. The van der Waals surface area contributed by atoms with Crippen LogP contribution in [0.1, 0.15) is 15.9 Å². The predicted molar refractivity (Wildman–Crippen MR) is 86.3 cm³/mol. The van der Waals surface area contributed by atoms with Crippen molar-refractivity contribution in [1.82, 2.24) is 5.32 Å². The number of hydrogen-bond donors (Lipinski definition) is 1. The van der Waals surface area contributed by atoms with Crippen LogP contribution in [0.2, 0.25) is 5.02 Å². The second kappa shape index (κ2) is 8.05. The Labute approximate surface area is 132 Å². The Hall–Kier alpha value is -1.52. The Bertz CT molecular complexity index is 621. The van der Waals surface area contributed by atoms with Crippen molar-refractivity contribution in [2.75, 3.05) is 12.3 Å². The van der Waals surface area contributed by atoms with Gasteiger partial charge in [0.2, 0.25) is 0 Å². The van der Waals surface area contributed by atoms with Crippen LogP contribution in [-0.4, -0.2) is 18.2 Å². The van der Waals surface area contributed by atoms with E-state index in [4.69, 9.17) is 11.6 Å². The summed E-state index contributed by atoms with van der Waals surface area (Å²) in [5.74, 6) is 0.927. The molecular weight excluding hydrogens is 309 g/mol. The molecule has 0 unspecified atom stereocenters. The van der Waals surface area contributed by atoms with Crippen LogP contribution in [0.5, 0.6) is 0 Å². The van der Waals surface area contributed by atoms with Crippen molar-refractivity contribution < 1.29 is 9.18 Å². The van der Waals surface area contributed by atoms with E-state index in [9.17, 15) is 9.18 Å². The van der Waals surface area contributed by atoms with Crippen LogP contribution in [-0.2, 0) is 5.75 Å². The molecule has 5 heteroatoms. The molecular formula is C16H15ClFNOS. The van der Waals surface area contributed by atoms with Gasteiger partial charge < -0.3 is 5.32 Å². The molecule has 110 valence electrons. The SMILES string of the molecule is O=C(NCCSCc1ccccc1F)c1ccccc1Cl. The lowest BCUT2D eigenvalue weighted by Crippen LogP contribution is -2.26. The van der Waals surface area contributed by atoms with E-state index in [0.29, 0.717) is 34.2 Å². The fourth-order valence-corrected chi connectivity index (χ4v) is 2.84. The van der Waals surface area contributed by atoms with Gasteiger partial charge in [-0.25, -0.2) is 4.39 Å². The van der Waals surface area contributed by atoms with Crippen LogP contribution in [0.25, 0.3) is 0 Å². The number of hydrogen-bond acceptors (Lipinski definition) is 2. The molecule has 0 bridgehead atoms. The Morgan fingerprint density at radius 2 is 1.86 bits per heavy atom. The Kier molecular flexibility index (Phi) is 6.08. The van der Waals surface area contributed by atoms with Crippen molar-refractivity contribution in [2.45, 2.75) is 5.75 Å². The first-order chi connectivity index (χ1) is 10.2. The lowest BCUT2D eigenvalue weighted by molar-refractivity contribution is 0.0956. The molecule has 2 aromatic carbocycles. The molecule has 0 spiro atoms. The Morgan fingerprint density at radius 1 is 1.14 bits per heavy atom. The molecule has 0 radical (unpaired) electrons. The summed E-state index contributed by atoms with van der Waals surface area (Å²) in [6.45, 7) is 0.517. The summed E-state index contributed by atoms with van der Waals surface area (Å²) in [4.78, 5) is 11.9. The Morgan fingerprint density at radius 3 is 2.62 bits per heavy atom. The molecule has 0 aliphatic heterocycles. The zero-order valence-corrected chi connectivity index (χ0v) is 12.9. The standard InChI is InChI=1S/C16H15ClFNOS/c17-14-7-3-2-6-13(14)16(20)19-9-10-21-11-12-5-1-4-8-15(12)18/h1-8H,9-11H2,(H,19,20). The highest BCUT2D eigenvalue weighted by Gasteiger charge is 2.08. The number of halogens is 2. The topological polar surface area (TPSA) is 29.1 Å². The summed E-state index contributed by atoms with van der Waals surface area (Å²) in [7, 11) is 0.